The largest absolute Gasteiger partial charge is 0.316 e. The zero-order valence-electron chi connectivity index (χ0n) is 10.3. The second kappa shape index (κ2) is 5.31. The predicted molar refractivity (Wildman–Crippen MR) is 65.0 cm³/mol. The van der Waals surface area contributed by atoms with Crippen molar-refractivity contribution in [2.24, 2.45) is 11.8 Å². The summed E-state index contributed by atoms with van der Waals surface area (Å²) in [5, 5.41) is 3.57. The molecule has 0 aromatic rings. The summed E-state index contributed by atoms with van der Waals surface area (Å²) in [6.45, 7) is 2.49. The highest BCUT2D eigenvalue weighted by Gasteiger charge is 2.33. The van der Waals surface area contributed by atoms with Crippen molar-refractivity contribution in [3.05, 3.63) is 0 Å². The van der Waals surface area contributed by atoms with Crippen LogP contribution in [0.25, 0.3) is 0 Å². The Labute approximate surface area is 94.4 Å². The molecule has 2 atom stereocenters. The van der Waals surface area contributed by atoms with Gasteiger partial charge in [-0.25, -0.2) is 0 Å². The van der Waals surface area contributed by atoms with Crippen LogP contribution in [0.4, 0.5) is 0 Å². The lowest BCUT2D eigenvalue weighted by atomic mass is 9.82. The van der Waals surface area contributed by atoms with E-state index in [0.29, 0.717) is 0 Å². The van der Waals surface area contributed by atoms with Crippen molar-refractivity contribution in [1.82, 2.24) is 10.2 Å². The summed E-state index contributed by atoms with van der Waals surface area (Å²) in [5.74, 6) is 1.88. The zero-order chi connectivity index (χ0) is 10.7. The monoisotopic (exact) mass is 210 g/mol. The van der Waals surface area contributed by atoms with E-state index in [9.17, 15) is 0 Å². The quantitative estimate of drug-likeness (QED) is 0.767. The Hall–Kier alpha value is -0.0800. The molecule has 0 radical (unpaired) electrons. The van der Waals surface area contributed by atoms with Crippen LogP contribution in [0.2, 0.25) is 0 Å². The SMILES string of the molecule is CN(C)C(C1CCCC1)C1CCCNC1. The minimum absolute atomic E-state index is 0.834. The fourth-order valence-electron chi connectivity index (χ4n) is 3.70. The molecule has 15 heavy (non-hydrogen) atoms. The Morgan fingerprint density at radius 1 is 1.00 bits per heavy atom. The third kappa shape index (κ3) is 2.73. The minimum Gasteiger partial charge on any atom is -0.316 e. The second-order valence-electron chi connectivity index (χ2n) is 5.61. The minimum atomic E-state index is 0.834. The number of hydrogen-bond acceptors (Lipinski definition) is 2. The van der Waals surface area contributed by atoms with E-state index in [4.69, 9.17) is 0 Å². The highest BCUT2D eigenvalue weighted by molar-refractivity contribution is 4.88. The van der Waals surface area contributed by atoms with Gasteiger partial charge in [-0.2, -0.15) is 0 Å². The van der Waals surface area contributed by atoms with Crippen molar-refractivity contribution >= 4 is 0 Å². The van der Waals surface area contributed by atoms with Gasteiger partial charge in [0, 0.05) is 6.04 Å². The average molecular weight is 210 g/mol. The maximum atomic E-state index is 3.57. The van der Waals surface area contributed by atoms with Crippen molar-refractivity contribution in [1.29, 1.82) is 0 Å². The summed E-state index contributed by atoms with van der Waals surface area (Å²) in [6, 6.07) is 0.834. The first-order valence-electron chi connectivity index (χ1n) is 6.66. The Kier molecular flexibility index (Phi) is 4.04. The molecule has 1 aliphatic carbocycles. The molecule has 2 fully saturated rings. The van der Waals surface area contributed by atoms with Crippen molar-refractivity contribution in [3.63, 3.8) is 0 Å². The van der Waals surface area contributed by atoms with Gasteiger partial charge >= 0.3 is 0 Å². The predicted octanol–water partition coefficient (Wildman–Crippen LogP) is 2.11. The molecule has 2 nitrogen and oxygen atoms in total. The molecule has 0 bridgehead atoms. The van der Waals surface area contributed by atoms with Crippen LogP contribution >= 0.6 is 0 Å². The Morgan fingerprint density at radius 2 is 1.67 bits per heavy atom. The van der Waals surface area contributed by atoms with Gasteiger partial charge in [0.2, 0.25) is 0 Å². The van der Waals surface area contributed by atoms with Crippen molar-refractivity contribution in [2.45, 2.75) is 44.6 Å². The molecule has 1 heterocycles. The van der Waals surface area contributed by atoms with Crippen LogP contribution < -0.4 is 5.32 Å². The summed E-state index contributed by atoms with van der Waals surface area (Å²) in [6.07, 6.45) is 8.69. The molecular weight excluding hydrogens is 184 g/mol. The van der Waals surface area contributed by atoms with E-state index in [0.717, 1.165) is 17.9 Å². The van der Waals surface area contributed by atoms with Gasteiger partial charge < -0.3 is 10.2 Å². The van der Waals surface area contributed by atoms with Crippen LogP contribution in [0.3, 0.4) is 0 Å². The molecule has 1 aliphatic heterocycles. The Bertz CT molecular complexity index is 179. The summed E-state index contributed by atoms with van der Waals surface area (Å²) in [7, 11) is 4.55. The standard InChI is InChI=1S/C13H26N2/c1-15(2)13(11-6-3-4-7-11)12-8-5-9-14-10-12/h11-14H,3-10H2,1-2H3. The van der Waals surface area contributed by atoms with Gasteiger partial charge in [-0.05, 0) is 64.7 Å². The highest BCUT2D eigenvalue weighted by atomic mass is 15.1. The smallest absolute Gasteiger partial charge is 0.0158 e. The summed E-state index contributed by atoms with van der Waals surface area (Å²) in [4.78, 5) is 2.49. The third-order valence-electron chi connectivity index (χ3n) is 4.30. The van der Waals surface area contributed by atoms with Gasteiger partial charge in [0.05, 0.1) is 0 Å². The summed E-state index contributed by atoms with van der Waals surface area (Å²) in [5.41, 5.74) is 0. The summed E-state index contributed by atoms with van der Waals surface area (Å²) >= 11 is 0. The fraction of sp³-hybridized carbons (Fsp3) is 1.00. The molecule has 0 amide bonds. The number of nitrogens with zero attached hydrogens (tertiary/aromatic N) is 1. The second-order valence-corrected chi connectivity index (χ2v) is 5.61. The zero-order valence-corrected chi connectivity index (χ0v) is 10.3. The van der Waals surface area contributed by atoms with E-state index in [1.165, 1.54) is 51.6 Å². The van der Waals surface area contributed by atoms with Crippen LogP contribution in [-0.2, 0) is 0 Å². The topological polar surface area (TPSA) is 15.3 Å². The van der Waals surface area contributed by atoms with Gasteiger partial charge in [0.25, 0.3) is 0 Å². The summed E-state index contributed by atoms with van der Waals surface area (Å²) < 4.78 is 0. The third-order valence-corrected chi connectivity index (χ3v) is 4.30. The van der Waals surface area contributed by atoms with Crippen LogP contribution in [0.5, 0.6) is 0 Å². The van der Waals surface area contributed by atoms with E-state index in [2.05, 4.69) is 24.3 Å². The van der Waals surface area contributed by atoms with Gasteiger partial charge in [-0.1, -0.05) is 12.8 Å². The molecule has 2 aliphatic rings. The normalized spacial score (nSPS) is 31.0. The van der Waals surface area contributed by atoms with E-state index in [-0.39, 0.29) is 0 Å². The highest BCUT2D eigenvalue weighted by Crippen LogP contribution is 2.34. The fourth-order valence-corrected chi connectivity index (χ4v) is 3.70. The van der Waals surface area contributed by atoms with Gasteiger partial charge in [0.1, 0.15) is 0 Å². The van der Waals surface area contributed by atoms with Crippen LogP contribution in [0.1, 0.15) is 38.5 Å². The van der Waals surface area contributed by atoms with Crippen molar-refractivity contribution in [2.75, 3.05) is 27.2 Å². The molecule has 0 spiro atoms. The number of nitrogens with one attached hydrogen (secondary N) is 1. The van der Waals surface area contributed by atoms with Gasteiger partial charge in [0.15, 0.2) is 0 Å². The molecule has 1 saturated carbocycles. The molecule has 1 N–H and O–H groups in total. The first kappa shape index (κ1) is 11.4. The molecule has 0 aromatic carbocycles. The van der Waals surface area contributed by atoms with E-state index in [1.807, 2.05) is 0 Å². The maximum Gasteiger partial charge on any atom is 0.0158 e. The molecule has 1 saturated heterocycles. The van der Waals surface area contributed by atoms with Crippen molar-refractivity contribution in [3.8, 4) is 0 Å². The lowest BCUT2D eigenvalue weighted by Crippen LogP contribution is -2.46. The van der Waals surface area contributed by atoms with E-state index < -0.39 is 0 Å². The van der Waals surface area contributed by atoms with Crippen LogP contribution in [0, 0.1) is 11.8 Å². The molecule has 2 unspecified atom stereocenters. The molecule has 0 aromatic heterocycles. The first-order chi connectivity index (χ1) is 7.29. The van der Waals surface area contributed by atoms with E-state index >= 15 is 0 Å². The number of rotatable bonds is 3. The maximum absolute atomic E-state index is 3.57. The molecular formula is C13H26N2. The Morgan fingerprint density at radius 3 is 2.20 bits per heavy atom. The number of piperidine rings is 1. The van der Waals surface area contributed by atoms with Crippen molar-refractivity contribution < 1.29 is 0 Å². The number of hydrogen-bond donors (Lipinski definition) is 1. The van der Waals surface area contributed by atoms with Gasteiger partial charge in [-0.3, -0.25) is 0 Å². The average Bonchev–Trinajstić information content (AvgIpc) is 2.72. The molecule has 2 rings (SSSR count). The first-order valence-corrected chi connectivity index (χ1v) is 6.66. The molecule has 2 heteroatoms. The lowest BCUT2D eigenvalue weighted by Gasteiger charge is -2.39. The Balaban J connectivity index is 1.97. The van der Waals surface area contributed by atoms with Gasteiger partial charge in [-0.15, -0.1) is 0 Å². The van der Waals surface area contributed by atoms with E-state index in [1.54, 1.807) is 0 Å². The lowest BCUT2D eigenvalue weighted by molar-refractivity contribution is 0.122. The molecule has 88 valence electrons. The van der Waals surface area contributed by atoms with Crippen LogP contribution in [0.15, 0.2) is 0 Å². The van der Waals surface area contributed by atoms with Crippen LogP contribution in [-0.4, -0.2) is 38.1 Å².